The highest BCUT2D eigenvalue weighted by atomic mass is 19.3. The molecule has 2 aliphatic carbocycles. The molecule has 0 radical (unpaired) electrons. The molecule has 1 unspecified atom stereocenters. The van der Waals surface area contributed by atoms with Crippen LogP contribution in [0.15, 0.2) is 36.4 Å². The molecule has 0 amide bonds. The molecule has 5 nitrogen and oxygen atoms in total. The Morgan fingerprint density at radius 2 is 1.82 bits per heavy atom. The fraction of sp³-hybridized carbons (Fsp3) is 0.538. The van der Waals surface area contributed by atoms with Crippen molar-refractivity contribution in [2.45, 2.75) is 62.8 Å². The van der Waals surface area contributed by atoms with Crippen LogP contribution in [0.4, 0.5) is 8.78 Å². The van der Waals surface area contributed by atoms with E-state index >= 15 is 0 Å². The van der Waals surface area contributed by atoms with Crippen molar-refractivity contribution in [2.75, 3.05) is 20.8 Å². The van der Waals surface area contributed by atoms with E-state index in [0.29, 0.717) is 24.2 Å². The number of fused-ring (bicyclic) bond motifs is 3. The molecule has 2 saturated carbocycles. The van der Waals surface area contributed by atoms with Crippen LogP contribution in [0.3, 0.4) is 0 Å². The molecule has 7 heteroatoms. The molecular formula is C26H31F2NO4. The second-order valence-electron chi connectivity index (χ2n) is 9.27. The van der Waals surface area contributed by atoms with Crippen molar-refractivity contribution in [1.29, 1.82) is 0 Å². The minimum atomic E-state index is -2.92. The van der Waals surface area contributed by atoms with Crippen LogP contribution >= 0.6 is 0 Å². The van der Waals surface area contributed by atoms with E-state index in [0.717, 1.165) is 49.0 Å². The van der Waals surface area contributed by atoms with Crippen LogP contribution in [0.2, 0.25) is 0 Å². The summed E-state index contributed by atoms with van der Waals surface area (Å²) in [5.74, 6) is 2.03. The summed E-state index contributed by atoms with van der Waals surface area (Å²) >= 11 is 0. The smallest absolute Gasteiger partial charge is 0.387 e. The Morgan fingerprint density at radius 1 is 1.00 bits per heavy atom. The maximum atomic E-state index is 13.0. The van der Waals surface area contributed by atoms with Gasteiger partial charge >= 0.3 is 6.61 Å². The fourth-order valence-electron chi connectivity index (χ4n) is 5.36. The molecule has 0 saturated heterocycles. The third-order valence-corrected chi connectivity index (χ3v) is 7.24. The van der Waals surface area contributed by atoms with Gasteiger partial charge in [-0.25, -0.2) is 0 Å². The Hall–Kier alpha value is -2.38. The molecular weight excluding hydrogens is 428 g/mol. The first-order valence-electron chi connectivity index (χ1n) is 11.8. The number of ether oxygens (including phenoxy) is 4. The van der Waals surface area contributed by atoms with Crippen LogP contribution in [0.5, 0.6) is 17.2 Å². The first kappa shape index (κ1) is 22.4. The van der Waals surface area contributed by atoms with E-state index < -0.39 is 12.3 Å². The summed E-state index contributed by atoms with van der Waals surface area (Å²) in [5.41, 5.74) is 2.10. The minimum Gasteiger partial charge on any atom is -0.497 e. The van der Waals surface area contributed by atoms with Crippen molar-refractivity contribution >= 4 is 0 Å². The van der Waals surface area contributed by atoms with Crippen molar-refractivity contribution < 1.29 is 27.7 Å². The molecule has 2 aromatic carbocycles. The lowest BCUT2D eigenvalue weighted by Gasteiger charge is -2.48. The molecule has 178 valence electrons. The fourth-order valence-corrected chi connectivity index (χ4v) is 5.36. The monoisotopic (exact) mass is 459 g/mol. The number of hydrogen-bond acceptors (Lipinski definition) is 5. The van der Waals surface area contributed by atoms with Gasteiger partial charge in [-0.2, -0.15) is 8.78 Å². The molecule has 0 bridgehead atoms. The maximum Gasteiger partial charge on any atom is 0.387 e. The first-order chi connectivity index (χ1) is 16.0. The van der Waals surface area contributed by atoms with Crippen molar-refractivity contribution in [3.8, 4) is 17.2 Å². The van der Waals surface area contributed by atoms with E-state index in [1.54, 1.807) is 32.4 Å². The zero-order chi connectivity index (χ0) is 23.0. The predicted octanol–water partition coefficient (Wildman–Crippen LogP) is 5.56. The van der Waals surface area contributed by atoms with Crippen LogP contribution in [0, 0.1) is 5.92 Å². The molecule has 5 rings (SSSR count). The van der Waals surface area contributed by atoms with E-state index in [1.165, 1.54) is 12.0 Å². The van der Waals surface area contributed by atoms with E-state index in [1.807, 2.05) is 12.1 Å². The summed E-state index contributed by atoms with van der Waals surface area (Å²) in [7, 11) is 3.36. The topological polar surface area (TPSA) is 49.0 Å². The molecule has 2 aromatic rings. The van der Waals surface area contributed by atoms with Crippen molar-refractivity contribution in [2.24, 2.45) is 5.92 Å². The minimum absolute atomic E-state index is 0.0435. The van der Waals surface area contributed by atoms with Gasteiger partial charge < -0.3 is 18.9 Å². The van der Waals surface area contributed by atoms with Gasteiger partial charge in [0, 0.05) is 24.3 Å². The van der Waals surface area contributed by atoms with Gasteiger partial charge in [0.15, 0.2) is 17.2 Å². The van der Waals surface area contributed by atoms with Gasteiger partial charge in [-0.3, -0.25) is 5.32 Å². The number of nitrogens with one attached hydrogen (secondary N) is 1. The van der Waals surface area contributed by atoms with Crippen molar-refractivity contribution in [1.82, 2.24) is 5.32 Å². The molecule has 0 spiro atoms. The van der Waals surface area contributed by atoms with Crippen LogP contribution in [0.1, 0.15) is 61.1 Å². The highest BCUT2D eigenvalue weighted by Crippen LogP contribution is 2.48. The summed E-state index contributed by atoms with van der Waals surface area (Å²) in [6.07, 6.45) is 6.71. The van der Waals surface area contributed by atoms with Crippen LogP contribution < -0.4 is 19.5 Å². The number of benzene rings is 2. The molecule has 1 N–H and O–H groups in total. The zero-order valence-corrected chi connectivity index (χ0v) is 19.1. The van der Waals surface area contributed by atoms with Gasteiger partial charge in [-0.15, -0.1) is 0 Å². The average Bonchev–Trinajstić information content (AvgIpc) is 3.66. The third kappa shape index (κ3) is 4.28. The van der Waals surface area contributed by atoms with Crippen molar-refractivity contribution in [3.63, 3.8) is 0 Å². The van der Waals surface area contributed by atoms with Gasteiger partial charge in [0.25, 0.3) is 0 Å². The summed E-state index contributed by atoms with van der Waals surface area (Å²) in [4.78, 5) is 0. The Labute approximate surface area is 193 Å². The van der Waals surface area contributed by atoms with E-state index in [2.05, 4.69) is 11.4 Å². The van der Waals surface area contributed by atoms with Gasteiger partial charge in [-0.1, -0.05) is 25.0 Å². The Balaban J connectivity index is 1.60. The summed E-state index contributed by atoms with van der Waals surface area (Å²) < 4.78 is 48.5. The number of alkyl halides is 2. The Kier molecular flexibility index (Phi) is 6.18. The molecule has 2 fully saturated rings. The number of methoxy groups -OCH3 is 2. The number of hydrogen-bond donors (Lipinski definition) is 1. The summed E-state index contributed by atoms with van der Waals surface area (Å²) in [5, 5.41) is 3.79. The van der Waals surface area contributed by atoms with Crippen LogP contribution in [0.25, 0.3) is 0 Å². The average molecular weight is 460 g/mol. The molecule has 33 heavy (non-hydrogen) atoms. The highest BCUT2D eigenvalue weighted by molar-refractivity contribution is 5.52. The Morgan fingerprint density at radius 3 is 2.55 bits per heavy atom. The van der Waals surface area contributed by atoms with Gasteiger partial charge in [0.2, 0.25) is 0 Å². The lowest BCUT2D eigenvalue weighted by molar-refractivity contribution is -0.0519. The quantitative estimate of drug-likeness (QED) is 0.560. The normalized spacial score (nSPS) is 26.5. The number of rotatable bonds is 8. The first-order valence-corrected chi connectivity index (χ1v) is 11.8. The predicted molar refractivity (Wildman–Crippen MR) is 120 cm³/mol. The van der Waals surface area contributed by atoms with Gasteiger partial charge in [0.1, 0.15) is 5.75 Å². The molecule has 3 atom stereocenters. The maximum absolute atomic E-state index is 13.0. The standard InChI is InChI=1S/C26H31F2NO4/c1-30-18-10-11-21-20(14-18)19-5-3-4-6-22(19)29-26(21,31-2)17-9-12-23(33-25(27)28)24(13-17)32-15-16-7-8-16/h9-14,16,19,22,25,29H,3-8,15H2,1-2H3/t19-,22-,26?/m0/s1. The van der Waals surface area contributed by atoms with Crippen molar-refractivity contribution in [3.05, 3.63) is 53.1 Å². The van der Waals surface area contributed by atoms with Gasteiger partial charge in [0.05, 0.1) is 13.7 Å². The SMILES string of the molecule is COc1ccc2c(c1)[C@@H]1CCCC[C@@H]1NC2(OC)c1ccc(OC(F)F)c(OCC2CC2)c1. The van der Waals surface area contributed by atoms with Crippen LogP contribution in [-0.2, 0) is 10.5 Å². The zero-order valence-electron chi connectivity index (χ0n) is 19.1. The molecule has 1 aliphatic heterocycles. The highest BCUT2D eigenvalue weighted by Gasteiger charge is 2.47. The van der Waals surface area contributed by atoms with Crippen LogP contribution in [-0.4, -0.2) is 33.5 Å². The van der Waals surface area contributed by atoms with E-state index in [4.69, 9.17) is 18.9 Å². The lowest BCUT2D eigenvalue weighted by Crippen LogP contribution is -2.57. The summed E-state index contributed by atoms with van der Waals surface area (Å²) in [6, 6.07) is 11.5. The second-order valence-corrected chi connectivity index (χ2v) is 9.27. The molecule has 1 heterocycles. The number of halogens is 2. The third-order valence-electron chi connectivity index (χ3n) is 7.24. The lowest BCUT2D eigenvalue weighted by atomic mass is 9.71. The molecule has 0 aromatic heterocycles. The van der Waals surface area contributed by atoms with E-state index in [-0.39, 0.29) is 11.8 Å². The van der Waals surface area contributed by atoms with Gasteiger partial charge in [-0.05, 0) is 67.3 Å². The Bertz CT molecular complexity index is 996. The van der Waals surface area contributed by atoms with E-state index in [9.17, 15) is 8.78 Å². The second kappa shape index (κ2) is 9.11. The largest absolute Gasteiger partial charge is 0.497 e. The summed E-state index contributed by atoms with van der Waals surface area (Å²) in [6.45, 7) is -2.42. The molecule has 3 aliphatic rings.